The highest BCUT2D eigenvalue weighted by Crippen LogP contribution is 2.21. The highest BCUT2D eigenvalue weighted by Gasteiger charge is 2.25. The molecule has 7 heteroatoms. The lowest BCUT2D eigenvalue weighted by molar-refractivity contribution is 0.0986. The lowest BCUT2D eigenvalue weighted by Gasteiger charge is -2.25. The lowest BCUT2D eigenvalue weighted by Crippen LogP contribution is -2.42. The van der Waals surface area contributed by atoms with Gasteiger partial charge in [0.05, 0.1) is 0 Å². The molecule has 0 spiro atoms. The number of aromatic amines is 1. The molecule has 1 aromatic heterocycles. The number of nitrogens with two attached hydrogens (primary N) is 1. The summed E-state index contributed by atoms with van der Waals surface area (Å²) in [5.41, 5.74) is 6.53. The second-order valence-corrected chi connectivity index (χ2v) is 7.17. The van der Waals surface area contributed by atoms with E-state index in [0.717, 1.165) is 12.0 Å². The van der Waals surface area contributed by atoms with Crippen LogP contribution in [-0.2, 0) is 6.54 Å². The molecule has 0 fully saturated rings. The summed E-state index contributed by atoms with van der Waals surface area (Å²) in [4.78, 5) is 41.5. The van der Waals surface area contributed by atoms with Crippen LogP contribution in [0.5, 0.6) is 0 Å². The molecule has 0 saturated heterocycles. The van der Waals surface area contributed by atoms with Crippen molar-refractivity contribution in [2.75, 3.05) is 17.2 Å². The SMILES string of the molecule is CCCCN(C(=O)c1ccc(C)cc1)c1c(N)n(CC(C)C)c(=O)[nH]c1=O. The zero-order valence-electron chi connectivity index (χ0n) is 16.4. The maximum atomic E-state index is 13.1. The molecule has 0 unspecified atom stereocenters. The summed E-state index contributed by atoms with van der Waals surface area (Å²) in [6, 6.07) is 7.15. The van der Waals surface area contributed by atoms with Crippen molar-refractivity contribution in [3.63, 3.8) is 0 Å². The van der Waals surface area contributed by atoms with Gasteiger partial charge in [-0.3, -0.25) is 19.1 Å². The average Bonchev–Trinajstić information content (AvgIpc) is 2.61. The van der Waals surface area contributed by atoms with Crippen molar-refractivity contribution in [2.45, 2.75) is 47.1 Å². The van der Waals surface area contributed by atoms with E-state index >= 15 is 0 Å². The van der Waals surface area contributed by atoms with Crippen LogP contribution in [0.4, 0.5) is 11.5 Å². The van der Waals surface area contributed by atoms with Crippen molar-refractivity contribution in [1.29, 1.82) is 0 Å². The van der Waals surface area contributed by atoms with Crippen molar-refractivity contribution in [3.05, 3.63) is 56.2 Å². The second-order valence-electron chi connectivity index (χ2n) is 7.17. The number of aryl methyl sites for hydroxylation is 1. The van der Waals surface area contributed by atoms with E-state index in [-0.39, 0.29) is 23.3 Å². The molecule has 2 aromatic rings. The number of nitrogens with one attached hydrogen (secondary N) is 1. The molecule has 2 rings (SSSR count). The number of carbonyl (C=O) groups excluding carboxylic acids is 1. The molecule has 0 aliphatic heterocycles. The summed E-state index contributed by atoms with van der Waals surface area (Å²) in [5.74, 6) is -0.134. The van der Waals surface area contributed by atoms with E-state index in [9.17, 15) is 14.4 Å². The number of amides is 1. The molecule has 0 saturated carbocycles. The third kappa shape index (κ3) is 4.67. The average molecular weight is 372 g/mol. The fourth-order valence-electron chi connectivity index (χ4n) is 2.87. The molecule has 0 aliphatic carbocycles. The minimum Gasteiger partial charge on any atom is -0.383 e. The number of benzene rings is 1. The van der Waals surface area contributed by atoms with Gasteiger partial charge in [-0.05, 0) is 31.4 Å². The summed E-state index contributed by atoms with van der Waals surface area (Å²) >= 11 is 0. The third-order valence-electron chi connectivity index (χ3n) is 4.31. The van der Waals surface area contributed by atoms with E-state index in [1.165, 1.54) is 9.47 Å². The molecule has 7 nitrogen and oxygen atoms in total. The van der Waals surface area contributed by atoms with Gasteiger partial charge in [0, 0.05) is 18.7 Å². The van der Waals surface area contributed by atoms with E-state index < -0.39 is 11.2 Å². The Morgan fingerprint density at radius 2 is 1.85 bits per heavy atom. The molecular formula is C20H28N4O3. The molecule has 0 radical (unpaired) electrons. The Morgan fingerprint density at radius 3 is 2.41 bits per heavy atom. The number of nitrogen functional groups attached to an aromatic ring is 1. The van der Waals surface area contributed by atoms with Crippen LogP contribution in [0, 0.1) is 12.8 Å². The normalized spacial score (nSPS) is 11.0. The molecule has 1 amide bonds. The molecule has 1 heterocycles. The zero-order chi connectivity index (χ0) is 20.1. The van der Waals surface area contributed by atoms with Gasteiger partial charge in [0.25, 0.3) is 11.5 Å². The van der Waals surface area contributed by atoms with Crippen LogP contribution in [0.2, 0.25) is 0 Å². The topological polar surface area (TPSA) is 101 Å². The van der Waals surface area contributed by atoms with Gasteiger partial charge in [-0.15, -0.1) is 0 Å². The first kappa shape index (κ1) is 20.5. The molecule has 0 bridgehead atoms. The molecular weight excluding hydrogens is 344 g/mol. The van der Waals surface area contributed by atoms with Gasteiger partial charge in [0.15, 0.2) is 5.69 Å². The van der Waals surface area contributed by atoms with E-state index in [2.05, 4.69) is 4.98 Å². The number of unbranched alkanes of at least 4 members (excludes halogenated alkanes) is 1. The number of anilines is 2. The summed E-state index contributed by atoms with van der Waals surface area (Å²) in [5, 5.41) is 0. The maximum absolute atomic E-state index is 13.1. The summed E-state index contributed by atoms with van der Waals surface area (Å²) in [6.07, 6.45) is 1.56. The zero-order valence-corrected chi connectivity index (χ0v) is 16.4. The minimum absolute atomic E-state index is 0.0222. The van der Waals surface area contributed by atoms with Crippen LogP contribution in [0.1, 0.15) is 49.5 Å². The number of hydrogen-bond donors (Lipinski definition) is 2. The van der Waals surface area contributed by atoms with Crippen LogP contribution in [0.15, 0.2) is 33.9 Å². The molecule has 27 heavy (non-hydrogen) atoms. The largest absolute Gasteiger partial charge is 0.383 e. The van der Waals surface area contributed by atoms with Gasteiger partial charge in [0.2, 0.25) is 0 Å². The molecule has 0 atom stereocenters. The number of rotatable bonds is 7. The Labute approximate surface area is 158 Å². The first-order valence-electron chi connectivity index (χ1n) is 9.27. The van der Waals surface area contributed by atoms with Crippen LogP contribution in [0.25, 0.3) is 0 Å². The Bertz CT molecular complexity index is 910. The number of nitrogens with zero attached hydrogens (tertiary/aromatic N) is 2. The van der Waals surface area contributed by atoms with Gasteiger partial charge >= 0.3 is 5.69 Å². The first-order valence-corrected chi connectivity index (χ1v) is 9.27. The Morgan fingerprint density at radius 1 is 1.22 bits per heavy atom. The summed E-state index contributed by atoms with van der Waals surface area (Å²) in [6.45, 7) is 8.53. The lowest BCUT2D eigenvalue weighted by atomic mass is 10.1. The number of carbonyl (C=O) groups is 1. The van der Waals surface area contributed by atoms with E-state index in [1.54, 1.807) is 12.1 Å². The van der Waals surface area contributed by atoms with Crippen molar-refractivity contribution in [3.8, 4) is 0 Å². The van der Waals surface area contributed by atoms with Gasteiger partial charge in [-0.1, -0.05) is 44.9 Å². The Kier molecular flexibility index (Phi) is 6.60. The monoisotopic (exact) mass is 372 g/mol. The predicted octanol–water partition coefficient (Wildman–Crippen LogP) is 2.53. The number of hydrogen-bond acceptors (Lipinski definition) is 4. The van der Waals surface area contributed by atoms with Crippen molar-refractivity contribution >= 4 is 17.4 Å². The van der Waals surface area contributed by atoms with Gasteiger partial charge in [0.1, 0.15) is 5.82 Å². The molecule has 0 aliphatic rings. The molecule has 1 aromatic carbocycles. The van der Waals surface area contributed by atoms with E-state index in [0.29, 0.717) is 25.1 Å². The van der Waals surface area contributed by atoms with Crippen LogP contribution in [-0.4, -0.2) is 22.0 Å². The third-order valence-corrected chi connectivity index (χ3v) is 4.31. The fourth-order valence-corrected chi connectivity index (χ4v) is 2.87. The molecule has 146 valence electrons. The smallest absolute Gasteiger partial charge is 0.330 e. The quantitative estimate of drug-likeness (QED) is 0.780. The summed E-state index contributed by atoms with van der Waals surface area (Å²) in [7, 11) is 0. The molecule has 3 N–H and O–H groups in total. The van der Waals surface area contributed by atoms with Crippen molar-refractivity contribution in [1.82, 2.24) is 9.55 Å². The first-order chi connectivity index (χ1) is 12.8. The van der Waals surface area contributed by atoms with Crippen LogP contribution < -0.4 is 21.9 Å². The summed E-state index contributed by atoms with van der Waals surface area (Å²) < 4.78 is 1.32. The van der Waals surface area contributed by atoms with Crippen molar-refractivity contribution < 1.29 is 4.79 Å². The second kappa shape index (κ2) is 8.70. The fraction of sp³-hybridized carbons (Fsp3) is 0.450. The van der Waals surface area contributed by atoms with Crippen LogP contribution in [0.3, 0.4) is 0 Å². The maximum Gasteiger partial charge on any atom is 0.330 e. The Hall–Kier alpha value is -2.83. The highest BCUT2D eigenvalue weighted by molar-refractivity contribution is 6.07. The van der Waals surface area contributed by atoms with E-state index in [1.807, 2.05) is 39.8 Å². The van der Waals surface area contributed by atoms with Gasteiger partial charge in [-0.25, -0.2) is 4.79 Å². The standard InChI is InChI=1S/C20H28N4O3/c1-5-6-11-23(19(26)15-9-7-14(4)8-10-15)16-17(21)24(12-13(2)3)20(27)22-18(16)25/h7-10,13H,5-6,11-12,21H2,1-4H3,(H,22,25,27). The van der Waals surface area contributed by atoms with Crippen molar-refractivity contribution in [2.24, 2.45) is 5.92 Å². The minimum atomic E-state index is -0.644. The predicted molar refractivity (Wildman–Crippen MR) is 108 cm³/mol. The van der Waals surface area contributed by atoms with Crippen LogP contribution >= 0.6 is 0 Å². The Balaban J connectivity index is 2.59. The van der Waals surface area contributed by atoms with Gasteiger partial charge < -0.3 is 10.6 Å². The number of H-pyrrole nitrogens is 1. The van der Waals surface area contributed by atoms with Gasteiger partial charge in [-0.2, -0.15) is 0 Å². The number of aromatic nitrogens is 2. The van der Waals surface area contributed by atoms with E-state index in [4.69, 9.17) is 5.73 Å². The highest BCUT2D eigenvalue weighted by atomic mass is 16.2.